The Kier molecular flexibility index (Phi) is 4.14. The molecule has 6 nitrogen and oxygen atoms in total. The van der Waals surface area contributed by atoms with Crippen LogP contribution < -0.4 is 5.32 Å². The molecule has 1 aromatic heterocycles. The summed E-state index contributed by atoms with van der Waals surface area (Å²) >= 11 is 3.50. The van der Waals surface area contributed by atoms with Gasteiger partial charge in [0.2, 0.25) is 5.95 Å². The van der Waals surface area contributed by atoms with Crippen molar-refractivity contribution in [2.45, 2.75) is 11.0 Å². The molecule has 2 heterocycles. The van der Waals surface area contributed by atoms with E-state index in [9.17, 15) is 4.79 Å². The van der Waals surface area contributed by atoms with Crippen LogP contribution in [0.2, 0.25) is 0 Å². The fourth-order valence-corrected chi connectivity index (χ4v) is 2.30. The number of carbonyl (C=O) groups is 1. The highest BCUT2D eigenvalue weighted by molar-refractivity contribution is 9.09. The van der Waals surface area contributed by atoms with Crippen LogP contribution in [0, 0.1) is 0 Å². The molecule has 0 unspecified atom stereocenters. The lowest BCUT2D eigenvalue weighted by molar-refractivity contribution is 0.115. The van der Waals surface area contributed by atoms with Gasteiger partial charge in [0.1, 0.15) is 6.17 Å². The van der Waals surface area contributed by atoms with Crippen molar-refractivity contribution in [2.24, 2.45) is 0 Å². The van der Waals surface area contributed by atoms with Gasteiger partial charge in [0, 0.05) is 18.9 Å². The number of anilines is 1. The molecular formula is C11H13BrN4O2. The normalized spacial score (nSPS) is 22.7. The zero-order chi connectivity index (χ0) is 13.0. The summed E-state index contributed by atoms with van der Waals surface area (Å²) in [5.74, 6) is 0.469. The molecule has 18 heavy (non-hydrogen) atoms. The molecular weight excluding hydrogens is 300 g/mol. The third kappa shape index (κ3) is 2.79. The average Bonchev–Trinajstić information content (AvgIpc) is 2.41. The van der Waals surface area contributed by atoms with Crippen molar-refractivity contribution < 1.29 is 9.53 Å². The average molecular weight is 313 g/mol. The molecule has 2 rings (SSSR count). The quantitative estimate of drug-likeness (QED) is 0.664. The fourth-order valence-electron chi connectivity index (χ4n) is 1.66. The van der Waals surface area contributed by atoms with Gasteiger partial charge in [-0.15, -0.1) is 0 Å². The van der Waals surface area contributed by atoms with Crippen LogP contribution in [0.15, 0.2) is 30.6 Å². The molecule has 0 saturated heterocycles. The van der Waals surface area contributed by atoms with E-state index in [2.05, 4.69) is 31.2 Å². The minimum atomic E-state index is -0.391. The number of nitrogens with zero attached hydrogens (tertiary/aromatic N) is 3. The van der Waals surface area contributed by atoms with Crippen molar-refractivity contribution in [1.29, 1.82) is 0 Å². The van der Waals surface area contributed by atoms with Crippen LogP contribution in [0.25, 0.3) is 0 Å². The predicted octanol–water partition coefficient (Wildman–Crippen LogP) is 1.62. The Labute approximate surface area is 113 Å². The molecule has 0 fully saturated rings. The first-order chi connectivity index (χ1) is 8.72. The number of alkyl halides is 1. The summed E-state index contributed by atoms with van der Waals surface area (Å²) in [5.41, 5.74) is 0. The third-order valence-electron chi connectivity index (χ3n) is 2.51. The van der Waals surface area contributed by atoms with Crippen LogP contribution in [0.3, 0.4) is 0 Å². The number of carbonyl (C=O) groups excluding carboxylic acids is 1. The zero-order valence-electron chi connectivity index (χ0n) is 9.78. The summed E-state index contributed by atoms with van der Waals surface area (Å²) in [6.45, 7) is 0.485. The predicted molar refractivity (Wildman–Crippen MR) is 70.4 cm³/mol. The lowest BCUT2D eigenvalue weighted by Crippen LogP contribution is -2.51. The molecule has 96 valence electrons. The number of aromatic nitrogens is 2. The van der Waals surface area contributed by atoms with Gasteiger partial charge in [-0.3, -0.25) is 4.90 Å². The van der Waals surface area contributed by atoms with Crippen molar-refractivity contribution in [2.75, 3.05) is 19.0 Å². The largest absolute Gasteiger partial charge is 0.453 e. The number of amides is 1. The van der Waals surface area contributed by atoms with Crippen molar-refractivity contribution in [3.05, 3.63) is 30.6 Å². The molecule has 1 amide bonds. The van der Waals surface area contributed by atoms with E-state index in [1.807, 2.05) is 12.2 Å². The first-order valence-corrected chi connectivity index (χ1v) is 6.33. The molecule has 7 heteroatoms. The van der Waals surface area contributed by atoms with Crippen molar-refractivity contribution in [3.63, 3.8) is 0 Å². The summed E-state index contributed by atoms with van der Waals surface area (Å²) < 4.78 is 4.76. The van der Waals surface area contributed by atoms with Crippen molar-refractivity contribution in [3.8, 4) is 0 Å². The summed E-state index contributed by atoms with van der Waals surface area (Å²) in [5, 5.41) is 3.10. The number of rotatable bonds is 2. The van der Waals surface area contributed by atoms with E-state index in [0.29, 0.717) is 12.5 Å². The lowest BCUT2D eigenvalue weighted by Gasteiger charge is -2.35. The van der Waals surface area contributed by atoms with E-state index in [1.54, 1.807) is 23.4 Å². The summed E-state index contributed by atoms with van der Waals surface area (Å²) in [7, 11) is 1.36. The van der Waals surface area contributed by atoms with Gasteiger partial charge in [-0.1, -0.05) is 28.1 Å². The number of hydrogen-bond donors (Lipinski definition) is 1. The number of methoxy groups -OCH3 is 1. The Bertz CT molecular complexity index is 440. The topological polar surface area (TPSA) is 67.3 Å². The van der Waals surface area contributed by atoms with Gasteiger partial charge in [-0.05, 0) is 6.07 Å². The maximum atomic E-state index is 11.7. The van der Waals surface area contributed by atoms with E-state index >= 15 is 0 Å². The molecule has 1 N–H and O–H groups in total. The molecule has 1 aliphatic rings. The molecule has 1 aromatic rings. The Balaban J connectivity index is 2.16. The SMILES string of the molecule is COC(=O)N1CC=C[C@@H](Br)[C@@H]1Nc1ncccn1. The molecule has 0 aliphatic carbocycles. The number of hydrogen-bond acceptors (Lipinski definition) is 5. The molecule has 0 saturated carbocycles. The molecule has 2 atom stereocenters. The van der Waals surface area contributed by atoms with Gasteiger partial charge < -0.3 is 10.1 Å². The monoisotopic (exact) mass is 312 g/mol. The highest BCUT2D eigenvalue weighted by Crippen LogP contribution is 2.20. The molecule has 0 aromatic carbocycles. The Morgan fingerprint density at radius 3 is 2.94 bits per heavy atom. The molecule has 1 aliphatic heterocycles. The van der Waals surface area contributed by atoms with Crippen molar-refractivity contribution >= 4 is 28.0 Å². The zero-order valence-corrected chi connectivity index (χ0v) is 11.4. The fraction of sp³-hybridized carbons (Fsp3) is 0.364. The molecule has 0 spiro atoms. The maximum Gasteiger partial charge on any atom is 0.411 e. The first-order valence-electron chi connectivity index (χ1n) is 5.41. The van der Waals surface area contributed by atoms with Crippen LogP contribution in [-0.2, 0) is 4.74 Å². The summed E-state index contributed by atoms with van der Waals surface area (Å²) in [4.78, 5) is 21.4. The Morgan fingerprint density at radius 1 is 1.56 bits per heavy atom. The van der Waals surface area contributed by atoms with Crippen molar-refractivity contribution in [1.82, 2.24) is 14.9 Å². The Morgan fingerprint density at radius 2 is 2.28 bits per heavy atom. The number of halogens is 1. The third-order valence-corrected chi connectivity index (χ3v) is 3.32. The van der Waals surface area contributed by atoms with Gasteiger partial charge in [-0.2, -0.15) is 0 Å². The van der Waals surface area contributed by atoms with Crippen LogP contribution in [0.1, 0.15) is 0 Å². The van der Waals surface area contributed by atoms with E-state index in [4.69, 9.17) is 4.74 Å². The smallest absolute Gasteiger partial charge is 0.411 e. The van der Waals surface area contributed by atoms with Crippen LogP contribution in [0.4, 0.5) is 10.7 Å². The first kappa shape index (κ1) is 12.8. The minimum Gasteiger partial charge on any atom is -0.453 e. The lowest BCUT2D eigenvalue weighted by atomic mass is 10.2. The van der Waals surface area contributed by atoms with Gasteiger partial charge in [0.15, 0.2) is 0 Å². The van der Waals surface area contributed by atoms with E-state index in [0.717, 1.165) is 0 Å². The highest BCUT2D eigenvalue weighted by Gasteiger charge is 2.31. The van der Waals surface area contributed by atoms with Gasteiger partial charge in [0.25, 0.3) is 0 Å². The van der Waals surface area contributed by atoms with E-state index in [-0.39, 0.29) is 11.0 Å². The standard InChI is InChI=1S/C11H13BrN4O2/c1-18-11(17)16-7-2-4-8(12)9(16)15-10-13-5-3-6-14-10/h2-6,8-9H,7H2,1H3,(H,13,14,15)/t8-,9-/m1/s1. The molecule has 0 radical (unpaired) electrons. The molecule has 0 bridgehead atoms. The number of ether oxygens (including phenoxy) is 1. The second-order valence-electron chi connectivity index (χ2n) is 3.66. The van der Waals surface area contributed by atoms with Gasteiger partial charge in [-0.25, -0.2) is 14.8 Å². The van der Waals surface area contributed by atoms with E-state index < -0.39 is 6.09 Å². The highest BCUT2D eigenvalue weighted by atomic mass is 79.9. The van der Waals surface area contributed by atoms with Crippen LogP contribution >= 0.6 is 15.9 Å². The second kappa shape index (κ2) is 5.81. The van der Waals surface area contributed by atoms with Crippen LogP contribution in [-0.4, -0.2) is 45.6 Å². The van der Waals surface area contributed by atoms with Crippen LogP contribution in [0.5, 0.6) is 0 Å². The number of nitrogens with one attached hydrogen (secondary N) is 1. The maximum absolute atomic E-state index is 11.7. The minimum absolute atomic E-state index is 0.0332. The summed E-state index contributed by atoms with van der Waals surface area (Å²) in [6.07, 6.45) is 6.47. The van der Waals surface area contributed by atoms with E-state index in [1.165, 1.54) is 7.11 Å². The van der Waals surface area contributed by atoms with Gasteiger partial charge in [0.05, 0.1) is 11.9 Å². The van der Waals surface area contributed by atoms with Gasteiger partial charge >= 0.3 is 6.09 Å². The summed E-state index contributed by atoms with van der Waals surface area (Å²) in [6, 6.07) is 1.73. The second-order valence-corrected chi connectivity index (χ2v) is 4.71. The Hall–Kier alpha value is -1.63.